The highest BCUT2D eigenvalue weighted by Gasteiger charge is 2.72. The van der Waals surface area contributed by atoms with Gasteiger partial charge in [-0.1, -0.05) is 39.8 Å². The molecule has 0 saturated heterocycles. The van der Waals surface area contributed by atoms with Crippen LogP contribution in [0.1, 0.15) is 120 Å². The Labute approximate surface area is 256 Å². The Balaban J connectivity index is 3.06. The predicted molar refractivity (Wildman–Crippen MR) is 153 cm³/mol. The third-order valence-corrected chi connectivity index (χ3v) is 8.66. The molecule has 0 fully saturated rings. The number of alkyl halides is 6. The number of hydrogen-bond donors (Lipinski definition) is 4. The standard InChI is InChI=1S/C31H36F6N2O6/c1-7-27(5,8-2)38-23(40)21-15-17(11-13-19(21)25(42)43)29(30(32,33)34,31(35,36)37)18-12-14-20(26(44)45)22(16-18)24(41)39-28(6,9-3)10-4/h11-16H,7-10H2,1-6H3,(H,38,40)(H,39,41)(H,42,43)(H,44,45). The summed E-state index contributed by atoms with van der Waals surface area (Å²) in [6.07, 6.45) is -11.1. The number of carbonyl (C=O) groups excluding carboxylic acids is 2. The fourth-order valence-corrected chi connectivity index (χ4v) is 4.82. The predicted octanol–water partition coefficient (Wildman–Crippen LogP) is 7.11. The van der Waals surface area contributed by atoms with E-state index in [1.54, 1.807) is 41.5 Å². The first-order chi connectivity index (χ1) is 20.6. The Morgan fingerprint density at radius 1 is 0.578 bits per heavy atom. The molecular weight excluding hydrogens is 610 g/mol. The van der Waals surface area contributed by atoms with Crippen molar-refractivity contribution in [1.82, 2.24) is 10.6 Å². The van der Waals surface area contributed by atoms with Gasteiger partial charge in [-0.05, 0) is 74.9 Å². The molecule has 0 aromatic heterocycles. The van der Waals surface area contributed by atoms with Crippen LogP contribution in [0.5, 0.6) is 0 Å². The molecule has 0 spiro atoms. The Kier molecular flexibility index (Phi) is 10.8. The number of aromatic carboxylic acids is 2. The molecular formula is C31H36F6N2O6. The highest BCUT2D eigenvalue weighted by Crippen LogP contribution is 2.56. The van der Waals surface area contributed by atoms with Crippen molar-refractivity contribution in [3.63, 3.8) is 0 Å². The Bertz CT molecular complexity index is 1350. The van der Waals surface area contributed by atoms with Gasteiger partial charge in [0.2, 0.25) is 5.41 Å². The molecule has 0 radical (unpaired) electrons. The molecule has 0 aliphatic carbocycles. The number of carboxylic acids is 2. The van der Waals surface area contributed by atoms with Gasteiger partial charge in [-0.2, -0.15) is 26.3 Å². The molecule has 2 amide bonds. The lowest BCUT2D eigenvalue weighted by Gasteiger charge is -2.39. The van der Waals surface area contributed by atoms with Crippen molar-refractivity contribution in [2.24, 2.45) is 0 Å². The van der Waals surface area contributed by atoms with Crippen molar-refractivity contribution in [3.8, 4) is 0 Å². The van der Waals surface area contributed by atoms with Gasteiger partial charge >= 0.3 is 24.3 Å². The van der Waals surface area contributed by atoms with E-state index >= 15 is 26.3 Å². The van der Waals surface area contributed by atoms with Crippen LogP contribution < -0.4 is 10.6 Å². The van der Waals surface area contributed by atoms with Crippen molar-refractivity contribution in [1.29, 1.82) is 0 Å². The molecule has 0 saturated carbocycles. The Hall–Kier alpha value is -4.10. The summed E-state index contributed by atoms with van der Waals surface area (Å²) >= 11 is 0. The molecule has 8 nitrogen and oxygen atoms in total. The van der Waals surface area contributed by atoms with Crippen molar-refractivity contribution in [2.75, 3.05) is 0 Å². The van der Waals surface area contributed by atoms with E-state index in [9.17, 15) is 29.4 Å². The maximum atomic E-state index is 15.0. The normalized spacial score (nSPS) is 12.9. The SMILES string of the molecule is CCC(C)(CC)NC(=O)c1cc(C(c2ccc(C(=O)O)c(C(=O)NC(C)(CC)CC)c2)(C(F)(F)F)C(F)(F)F)ccc1C(=O)O. The van der Waals surface area contributed by atoms with Crippen LogP contribution in [-0.2, 0) is 5.41 Å². The molecule has 0 atom stereocenters. The van der Waals surface area contributed by atoms with Gasteiger partial charge in [0.25, 0.3) is 11.8 Å². The van der Waals surface area contributed by atoms with E-state index in [0.29, 0.717) is 49.9 Å². The summed E-state index contributed by atoms with van der Waals surface area (Å²) in [7, 11) is 0. The van der Waals surface area contributed by atoms with Crippen LogP contribution in [0.2, 0.25) is 0 Å². The molecule has 14 heteroatoms. The van der Waals surface area contributed by atoms with E-state index in [2.05, 4.69) is 10.6 Å². The summed E-state index contributed by atoms with van der Waals surface area (Å²) in [5.41, 5.74) is -13.6. The largest absolute Gasteiger partial charge is 0.478 e. The maximum absolute atomic E-state index is 15.0. The maximum Gasteiger partial charge on any atom is 0.411 e. The van der Waals surface area contributed by atoms with Gasteiger partial charge in [0.15, 0.2) is 0 Å². The second-order valence-corrected chi connectivity index (χ2v) is 11.3. The van der Waals surface area contributed by atoms with E-state index in [0.717, 1.165) is 0 Å². The van der Waals surface area contributed by atoms with Crippen LogP contribution in [0.25, 0.3) is 0 Å². The Morgan fingerprint density at radius 2 is 0.867 bits per heavy atom. The lowest BCUT2D eigenvalue weighted by atomic mass is 9.71. The average Bonchev–Trinajstić information content (AvgIpc) is 2.95. The van der Waals surface area contributed by atoms with Crippen molar-refractivity contribution in [3.05, 3.63) is 69.8 Å². The molecule has 2 rings (SSSR count). The summed E-state index contributed by atoms with van der Waals surface area (Å²) < 4.78 is 90.2. The number of halogens is 6. The monoisotopic (exact) mass is 646 g/mol. The molecule has 45 heavy (non-hydrogen) atoms. The lowest BCUT2D eigenvalue weighted by molar-refractivity contribution is -0.288. The number of carbonyl (C=O) groups is 4. The number of hydrogen-bond acceptors (Lipinski definition) is 4. The van der Waals surface area contributed by atoms with Gasteiger partial charge in [0.05, 0.1) is 22.3 Å². The van der Waals surface area contributed by atoms with Crippen LogP contribution >= 0.6 is 0 Å². The van der Waals surface area contributed by atoms with Crippen LogP contribution in [0.15, 0.2) is 36.4 Å². The number of nitrogens with one attached hydrogen (secondary N) is 2. The molecule has 2 aromatic rings. The number of amides is 2. The number of rotatable bonds is 12. The van der Waals surface area contributed by atoms with Gasteiger partial charge in [-0.15, -0.1) is 0 Å². The van der Waals surface area contributed by atoms with E-state index in [4.69, 9.17) is 0 Å². The van der Waals surface area contributed by atoms with Gasteiger partial charge in [-0.3, -0.25) is 9.59 Å². The third-order valence-electron chi connectivity index (χ3n) is 8.66. The summed E-state index contributed by atoms with van der Waals surface area (Å²) in [5.74, 6) is -5.96. The molecule has 4 N–H and O–H groups in total. The molecule has 2 aromatic carbocycles. The zero-order chi connectivity index (χ0) is 34.8. The van der Waals surface area contributed by atoms with Crippen molar-refractivity contribution < 1.29 is 55.7 Å². The number of benzene rings is 2. The van der Waals surface area contributed by atoms with Gasteiger partial charge in [-0.25, -0.2) is 9.59 Å². The minimum atomic E-state index is -6.19. The van der Waals surface area contributed by atoms with Crippen LogP contribution in [0.3, 0.4) is 0 Å². The van der Waals surface area contributed by atoms with E-state index in [1.807, 2.05) is 0 Å². The highest BCUT2D eigenvalue weighted by atomic mass is 19.4. The fourth-order valence-electron chi connectivity index (χ4n) is 4.82. The molecule has 0 aliphatic heterocycles. The Morgan fingerprint density at radius 3 is 1.09 bits per heavy atom. The first-order valence-corrected chi connectivity index (χ1v) is 14.1. The zero-order valence-electron chi connectivity index (χ0n) is 25.6. The quantitative estimate of drug-likeness (QED) is 0.182. The molecule has 248 valence electrons. The minimum Gasteiger partial charge on any atom is -0.478 e. The molecule has 0 aliphatic rings. The van der Waals surface area contributed by atoms with Crippen LogP contribution in [-0.4, -0.2) is 57.4 Å². The first-order valence-electron chi connectivity index (χ1n) is 14.1. The van der Waals surface area contributed by atoms with E-state index in [1.165, 1.54) is 0 Å². The molecule has 0 unspecified atom stereocenters. The first kappa shape index (κ1) is 37.1. The molecule has 0 bridgehead atoms. The highest BCUT2D eigenvalue weighted by molar-refractivity contribution is 6.06. The zero-order valence-corrected chi connectivity index (χ0v) is 25.6. The van der Waals surface area contributed by atoms with Crippen molar-refractivity contribution in [2.45, 2.75) is 96.1 Å². The van der Waals surface area contributed by atoms with Crippen LogP contribution in [0.4, 0.5) is 26.3 Å². The van der Waals surface area contributed by atoms with Gasteiger partial charge < -0.3 is 20.8 Å². The van der Waals surface area contributed by atoms with Gasteiger partial charge in [0, 0.05) is 11.1 Å². The summed E-state index contributed by atoms with van der Waals surface area (Å²) in [5, 5.41) is 24.3. The minimum absolute atomic E-state index is 0.224. The summed E-state index contributed by atoms with van der Waals surface area (Å²) in [6, 6.07) is 2.00. The average molecular weight is 647 g/mol. The van der Waals surface area contributed by atoms with E-state index in [-0.39, 0.29) is 12.1 Å². The third kappa shape index (κ3) is 7.09. The number of carboxylic acid groups (broad SMARTS) is 2. The van der Waals surface area contributed by atoms with Gasteiger partial charge in [0.1, 0.15) is 0 Å². The smallest absolute Gasteiger partial charge is 0.411 e. The van der Waals surface area contributed by atoms with Crippen LogP contribution in [0, 0.1) is 0 Å². The van der Waals surface area contributed by atoms with Crippen molar-refractivity contribution >= 4 is 23.8 Å². The van der Waals surface area contributed by atoms with E-state index < -0.39 is 86.0 Å². The molecule has 0 heterocycles. The topological polar surface area (TPSA) is 133 Å². The summed E-state index contributed by atoms with van der Waals surface area (Å²) in [4.78, 5) is 50.3. The lowest BCUT2D eigenvalue weighted by Crippen LogP contribution is -2.55. The summed E-state index contributed by atoms with van der Waals surface area (Å²) in [6.45, 7) is 9.85. The second-order valence-electron chi connectivity index (χ2n) is 11.3. The fraction of sp³-hybridized carbons (Fsp3) is 0.484. The second kappa shape index (κ2) is 13.1.